The predicted molar refractivity (Wildman–Crippen MR) is 88.7 cm³/mol. The molecule has 0 bridgehead atoms. The SMILES string of the molecule is CCCCN(CC(N)c1ccc(OCCC)cc1)C1CC1. The first-order valence-corrected chi connectivity index (χ1v) is 8.47. The van der Waals surface area contributed by atoms with Gasteiger partial charge in [-0.05, 0) is 49.9 Å². The van der Waals surface area contributed by atoms with Gasteiger partial charge in [-0.2, -0.15) is 0 Å². The van der Waals surface area contributed by atoms with Crippen molar-refractivity contribution < 1.29 is 4.74 Å². The van der Waals surface area contributed by atoms with E-state index in [1.165, 1.54) is 37.8 Å². The molecule has 1 atom stereocenters. The predicted octanol–water partition coefficient (Wildman–Crippen LogP) is 3.74. The smallest absolute Gasteiger partial charge is 0.119 e. The molecule has 3 heteroatoms. The van der Waals surface area contributed by atoms with Gasteiger partial charge >= 0.3 is 0 Å². The van der Waals surface area contributed by atoms with E-state index in [1.54, 1.807) is 0 Å². The zero-order chi connectivity index (χ0) is 15.1. The third-order valence-corrected chi connectivity index (χ3v) is 4.07. The van der Waals surface area contributed by atoms with Gasteiger partial charge in [0.2, 0.25) is 0 Å². The standard InChI is InChI=1S/C18H30N2O/c1-3-5-12-20(16-8-9-16)14-18(19)15-6-10-17(11-7-15)21-13-4-2/h6-7,10-11,16,18H,3-5,8-9,12-14,19H2,1-2H3. The van der Waals surface area contributed by atoms with Crippen LogP contribution < -0.4 is 10.5 Å². The molecular weight excluding hydrogens is 260 g/mol. The topological polar surface area (TPSA) is 38.5 Å². The molecule has 1 aromatic carbocycles. The molecule has 1 unspecified atom stereocenters. The molecule has 3 nitrogen and oxygen atoms in total. The van der Waals surface area contributed by atoms with E-state index in [0.717, 1.165) is 31.4 Å². The highest BCUT2D eigenvalue weighted by Gasteiger charge is 2.29. The van der Waals surface area contributed by atoms with E-state index in [4.69, 9.17) is 10.5 Å². The van der Waals surface area contributed by atoms with Crippen molar-refractivity contribution in [3.05, 3.63) is 29.8 Å². The Morgan fingerprint density at radius 1 is 1.19 bits per heavy atom. The minimum Gasteiger partial charge on any atom is -0.494 e. The third kappa shape index (κ3) is 5.33. The number of unbranched alkanes of at least 4 members (excludes halogenated alkanes) is 1. The Bertz CT molecular complexity index is 400. The Kier molecular flexibility index (Phi) is 6.52. The van der Waals surface area contributed by atoms with Crippen LogP contribution >= 0.6 is 0 Å². The van der Waals surface area contributed by atoms with E-state index in [0.29, 0.717) is 0 Å². The molecule has 1 saturated carbocycles. The summed E-state index contributed by atoms with van der Waals surface area (Å²) in [6.07, 6.45) is 6.25. The van der Waals surface area contributed by atoms with Crippen molar-refractivity contribution in [3.63, 3.8) is 0 Å². The van der Waals surface area contributed by atoms with E-state index < -0.39 is 0 Å². The summed E-state index contributed by atoms with van der Waals surface area (Å²) in [6.45, 7) is 7.30. The van der Waals surface area contributed by atoms with Crippen LogP contribution in [0.4, 0.5) is 0 Å². The van der Waals surface area contributed by atoms with Gasteiger partial charge in [0.15, 0.2) is 0 Å². The summed E-state index contributed by atoms with van der Waals surface area (Å²) >= 11 is 0. The van der Waals surface area contributed by atoms with Crippen molar-refractivity contribution in [2.24, 2.45) is 5.73 Å². The molecule has 0 saturated heterocycles. The molecule has 0 aliphatic heterocycles. The van der Waals surface area contributed by atoms with Gasteiger partial charge in [-0.15, -0.1) is 0 Å². The lowest BCUT2D eigenvalue weighted by molar-refractivity contribution is 0.243. The Balaban J connectivity index is 1.87. The number of nitrogens with two attached hydrogens (primary N) is 1. The van der Waals surface area contributed by atoms with Gasteiger partial charge in [0.1, 0.15) is 5.75 Å². The fourth-order valence-electron chi connectivity index (χ4n) is 2.61. The van der Waals surface area contributed by atoms with Crippen LogP contribution in [0.25, 0.3) is 0 Å². The summed E-state index contributed by atoms with van der Waals surface area (Å²) < 4.78 is 5.62. The Labute approximate surface area is 129 Å². The van der Waals surface area contributed by atoms with Gasteiger partial charge in [-0.3, -0.25) is 4.90 Å². The summed E-state index contributed by atoms with van der Waals surface area (Å²) in [5, 5.41) is 0. The molecule has 0 spiro atoms. The highest BCUT2D eigenvalue weighted by atomic mass is 16.5. The van der Waals surface area contributed by atoms with Crippen LogP contribution in [0.5, 0.6) is 5.75 Å². The van der Waals surface area contributed by atoms with E-state index in [1.807, 2.05) is 12.1 Å². The van der Waals surface area contributed by atoms with Crippen LogP contribution in [-0.2, 0) is 0 Å². The van der Waals surface area contributed by atoms with Crippen molar-refractivity contribution in [1.82, 2.24) is 4.90 Å². The summed E-state index contributed by atoms with van der Waals surface area (Å²) in [5.74, 6) is 0.942. The lowest BCUT2D eigenvalue weighted by Gasteiger charge is -2.25. The molecule has 0 amide bonds. The van der Waals surface area contributed by atoms with Crippen LogP contribution in [0.2, 0.25) is 0 Å². The fourth-order valence-corrected chi connectivity index (χ4v) is 2.61. The largest absolute Gasteiger partial charge is 0.494 e. The Morgan fingerprint density at radius 2 is 1.90 bits per heavy atom. The average molecular weight is 290 g/mol. The van der Waals surface area contributed by atoms with Crippen LogP contribution in [0.15, 0.2) is 24.3 Å². The molecule has 1 aliphatic rings. The maximum Gasteiger partial charge on any atom is 0.119 e. The van der Waals surface area contributed by atoms with Gasteiger partial charge in [-0.25, -0.2) is 0 Å². The van der Waals surface area contributed by atoms with Crippen LogP contribution in [-0.4, -0.2) is 30.6 Å². The number of benzene rings is 1. The Hall–Kier alpha value is -1.06. The zero-order valence-electron chi connectivity index (χ0n) is 13.6. The van der Waals surface area contributed by atoms with Gasteiger partial charge < -0.3 is 10.5 Å². The minimum absolute atomic E-state index is 0.0997. The molecule has 0 aromatic heterocycles. The van der Waals surface area contributed by atoms with E-state index in [9.17, 15) is 0 Å². The first-order chi connectivity index (χ1) is 10.2. The number of ether oxygens (including phenoxy) is 1. The third-order valence-electron chi connectivity index (χ3n) is 4.07. The van der Waals surface area contributed by atoms with Gasteiger partial charge in [-0.1, -0.05) is 32.4 Å². The minimum atomic E-state index is 0.0997. The number of hydrogen-bond donors (Lipinski definition) is 1. The average Bonchev–Trinajstić information content (AvgIpc) is 3.34. The second-order valence-corrected chi connectivity index (χ2v) is 6.10. The maximum atomic E-state index is 6.40. The molecule has 0 heterocycles. The first kappa shape index (κ1) is 16.3. The van der Waals surface area contributed by atoms with Crippen LogP contribution in [0.3, 0.4) is 0 Å². The Morgan fingerprint density at radius 3 is 2.48 bits per heavy atom. The zero-order valence-corrected chi connectivity index (χ0v) is 13.6. The summed E-state index contributed by atoms with van der Waals surface area (Å²) in [5.41, 5.74) is 7.61. The van der Waals surface area contributed by atoms with Crippen molar-refractivity contribution >= 4 is 0 Å². The molecule has 2 N–H and O–H groups in total. The van der Waals surface area contributed by atoms with Crippen LogP contribution in [0.1, 0.15) is 57.6 Å². The second kappa shape index (κ2) is 8.40. The number of nitrogens with zero attached hydrogens (tertiary/aromatic N) is 1. The molecule has 118 valence electrons. The summed E-state index contributed by atoms with van der Waals surface area (Å²) in [4.78, 5) is 2.58. The molecule has 2 rings (SSSR count). The lowest BCUT2D eigenvalue weighted by Crippen LogP contribution is -2.34. The van der Waals surface area contributed by atoms with Crippen molar-refractivity contribution in [1.29, 1.82) is 0 Å². The van der Waals surface area contributed by atoms with Crippen molar-refractivity contribution in [2.45, 2.75) is 58.0 Å². The molecule has 1 aromatic rings. The molecule has 0 radical (unpaired) electrons. The molecule has 1 aliphatic carbocycles. The monoisotopic (exact) mass is 290 g/mol. The lowest BCUT2D eigenvalue weighted by atomic mass is 10.1. The van der Waals surface area contributed by atoms with Crippen molar-refractivity contribution in [3.8, 4) is 5.75 Å². The number of rotatable bonds is 10. The molecule has 21 heavy (non-hydrogen) atoms. The van der Waals surface area contributed by atoms with Crippen LogP contribution in [0, 0.1) is 0 Å². The molecular formula is C18H30N2O. The van der Waals surface area contributed by atoms with Gasteiger partial charge in [0.05, 0.1) is 6.61 Å². The van der Waals surface area contributed by atoms with E-state index >= 15 is 0 Å². The maximum absolute atomic E-state index is 6.40. The molecule has 1 fully saturated rings. The summed E-state index contributed by atoms with van der Waals surface area (Å²) in [6, 6.07) is 9.19. The quantitative estimate of drug-likeness (QED) is 0.713. The van der Waals surface area contributed by atoms with Crippen molar-refractivity contribution in [2.75, 3.05) is 19.7 Å². The highest BCUT2D eigenvalue weighted by molar-refractivity contribution is 5.29. The van der Waals surface area contributed by atoms with Gasteiger partial charge in [0.25, 0.3) is 0 Å². The number of hydrogen-bond acceptors (Lipinski definition) is 3. The van der Waals surface area contributed by atoms with E-state index in [2.05, 4.69) is 30.9 Å². The normalized spacial score (nSPS) is 16.2. The highest BCUT2D eigenvalue weighted by Crippen LogP contribution is 2.29. The summed E-state index contributed by atoms with van der Waals surface area (Å²) in [7, 11) is 0. The second-order valence-electron chi connectivity index (χ2n) is 6.10. The van der Waals surface area contributed by atoms with E-state index in [-0.39, 0.29) is 6.04 Å². The van der Waals surface area contributed by atoms with Gasteiger partial charge in [0, 0.05) is 18.6 Å². The first-order valence-electron chi connectivity index (χ1n) is 8.47. The fraction of sp³-hybridized carbons (Fsp3) is 0.667.